The Morgan fingerprint density at radius 1 is 0.958 bits per heavy atom. The van der Waals surface area contributed by atoms with Crippen LogP contribution in [0.2, 0.25) is 0 Å². The van der Waals surface area contributed by atoms with Gasteiger partial charge in [-0.3, -0.25) is 9.59 Å². The van der Waals surface area contributed by atoms with Gasteiger partial charge in [0.2, 0.25) is 0 Å². The molecule has 0 aromatic heterocycles. The Kier molecular flexibility index (Phi) is 5.63. The van der Waals surface area contributed by atoms with Gasteiger partial charge in [0.15, 0.2) is 0 Å². The summed E-state index contributed by atoms with van der Waals surface area (Å²) >= 11 is 0. The van der Waals surface area contributed by atoms with Crippen LogP contribution in [0.4, 0.5) is 5.69 Å². The van der Waals surface area contributed by atoms with Crippen LogP contribution in [0.3, 0.4) is 0 Å². The van der Waals surface area contributed by atoms with E-state index in [4.69, 9.17) is 0 Å². The van der Waals surface area contributed by atoms with Gasteiger partial charge in [-0.25, -0.2) is 4.90 Å². The van der Waals surface area contributed by atoms with Crippen LogP contribution in [0.5, 0.6) is 0 Å². The van der Waals surface area contributed by atoms with Crippen molar-refractivity contribution in [3.05, 3.63) is 40.0 Å². The van der Waals surface area contributed by atoms with E-state index in [2.05, 4.69) is 20.8 Å². The Balaban J connectivity index is 0.000000647. The van der Waals surface area contributed by atoms with Crippen LogP contribution < -0.4 is 4.90 Å². The number of rotatable bonds is 1. The molecule has 0 fully saturated rings. The SMILES string of the molecule is CCC.Cc1cc(C)c(N2C(=O)C3=C(CC(C)CC3)C2=O)cc1C. The van der Waals surface area contributed by atoms with E-state index in [9.17, 15) is 9.59 Å². The molecule has 1 aromatic carbocycles. The number of amides is 2. The maximum Gasteiger partial charge on any atom is 0.261 e. The Morgan fingerprint density at radius 2 is 1.50 bits per heavy atom. The smallest absolute Gasteiger partial charge is 0.261 e. The lowest BCUT2D eigenvalue weighted by Gasteiger charge is -2.19. The quantitative estimate of drug-likeness (QED) is 0.679. The van der Waals surface area contributed by atoms with Gasteiger partial charge in [0.1, 0.15) is 0 Å². The van der Waals surface area contributed by atoms with E-state index in [0.717, 1.165) is 47.2 Å². The van der Waals surface area contributed by atoms with Gasteiger partial charge < -0.3 is 0 Å². The van der Waals surface area contributed by atoms with Crippen molar-refractivity contribution in [3.8, 4) is 0 Å². The molecule has 3 heteroatoms. The van der Waals surface area contributed by atoms with E-state index in [0.29, 0.717) is 5.92 Å². The van der Waals surface area contributed by atoms with Gasteiger partial charge in [-0.15, -0.1) is 0 Å². The van der Waals surface area contributed by atoms with Crippen LogP contribution >= 0.6 is 0 Å². The molecule has 1 heterocycles. The average molecular weight is 327 g/mol. The fourth-order valence-electron chi connectivity index (χ4n) is 3.33. The van der Waals surface area contributed by atoms with Crippen molar-refractivity contribution in [2.24, 2.45) is 5.92 Å². The van der Waals surface area contributed by atoms with E-state index in [1.54, 1.807) is 0 Å². The van der Waals surface area contributed by atoms with Crippen molar-refractivity contribution < 1.29 is 9.59 Å². The first-order valence-corrected chi connectivity index (χ1v) is 9.00. The molecule has 0 spiro atoms. The molecule has 0 saturated heterocycles. The molecule has 1 aliphatic heterocycles. The van der Waals surface area contributed by atoms with Crippen molar-refractivity contribution in [3.63, 3.8) is 0 Å². The second-order valence-electron chi connectivity index (χ2n) is 7.18. The third-order valence-electron chi connectivity index (χ3n) is 4.78. The summed E-state index contributed by atoms with van der Waals surface area (Å²) in [6.45, 7) is 12.4. The van der Waals surface area contributed by atoms with E-state index >= 15 is 0 Å². The largest absolute Gasteiger partial charge is 0.269 e. The van der Waals surface area contributed by atoms with Crippen molar-refractivity contribution >= 4 is 17.5 Å². The Morgan fingerprint density at radius 3 is 2.12 bits per heavy atom. The lowest BCUT2D eigenvalue weighted by atomic mass is 9.86. The van der Waals surface area contributed by atoms with Gasteiger partial charge in [-0.05, 0) is 68.7 Å². The third-order valence-corrected chi connectivity index (χ3v) is 4.78. The minimum atomic E-state index is -0.104. The maximum absolute atomic E-state index is 12.7. The first-order chi connectivity index (χ1) is 11.3. The van der Waals surface area contributed by atoms with Gasteiger partial charge >= 0.3 is 0 Å². The van der Waals surface area contributed by atoms with Crippen molar-refractivity contribution in [1.29, 1.82) is 0 Å². The molecule has 1 unspecified atom stereocenters. The molecule has 2 amide bonds. The third kappa shape index (κ3) is 3.31. The van der Waals surface area contributed by atoms with Crippen molar-refractivity contribution in [2.75, 3.05) is 4.90 Å². The summed E-state index contributed by atoms with van der Waals surface area (Å²) in [6.07, 6.45) is 3.72. The van der Waals surface area contributed by atoms with Gasteiger partial charge in [-0.1, -0.05) is 33.3 Å². The molecule has 130 valence electrons. The highest BCUT2D eigenvalue weighted by Crippen LogP contribution is 2.39. The second kappa shape index (κ2) is 7.33. The predicted molar refractivity (Wildman–Crippen MR) is 99.2 cm³/mol. The molecule has 3 rings (SSSR count). The average Bonchev–Trinajstić information content (AvgIpc) is 2.75. The summed E-state index contributed by atoms with van der Waals surface area (Å²) < 4.78 is 0. The number of anilines is 1. The van der Waals surface area contributed by atoms with Crippen LogP contribution in [0.25, 0.3) is 0 Å². The van der Waals surface area contributed by atoms with E-state index in [-0.39, 0.29) is 11.8 Å². The number of carbonyl (C=O) groups is 2. The highest BCUT2D eigenvalue weighted by Gasteiger charge is 2.41. The zero-order valence-corrected chi connectivity index (χ0v) is 15.8. The Labute approximate surface area is 145 Å². The molecule has 1 atom stereocenters. The van der Waals surface area contributed by atoms with Crippen LogP contribution in [-0.4, -0.2) is 11.8 Å². The van der Waals surface area contributed by atoms with E-state index < -0.39 is 0 Å². The topological polar surface area (TPSA) is 37.4 Å². The lowest BCUT2D eigenvalue weighted by molar-refractivity contribution is -0.120. The maximum atomic E-state index is 12.7. The first-order valence-electron chi connectivity index (χ1n) is 9.00. The second-order valence-corrected chi connectivity index (χ2v) is 7.18. The number of hydrogen-bond acceptors (Lipinski definition) is 2. The number of hydrogen-bond donors (Lipinski definition) is 0. The van der Waals surface area contributed by atoms with Crippen LogP contribution in [0.15, 0.2) is 23.3 Å². The molecule has 24 heavy (non-hydrogen) atoms. The highest BCUT2D eigenvalue weighted by atomic mass is 16.2. The minimum Gasteiger partial charge on any atom is -0.269 e. The zero-order valence-electron chi connectivity index (χ0n) is 15.8. The summed E-state index contributed by atoms with van der Waals surface area (Å²) in [4.78, 5) is 26.7. The predicted octanol–water partition coefficient (Wildman–Crippen LogP) is 5.02. The van der Waals surface area contributed by atoms with Gasteiger partial charge in [0.25, 0.3) is 11.8 Å². The molecule has 0 radical (unpaired) electrons. The highest BCUT2D eigenvalue weighted by molar-refractivity contribution is 6.33. The van der Waals surface area contributed by atoms with E-state index in [1.165, 1.54) is 16.9 Å². The van der Waals surface area contributed by atoms with Gasteiger partial charge in [-0.2, -0.15) is 0 Å². The van der Waals surface area contributed by atoms with Crippen molar-refractivity contribution in [1.82, 2.24) is 0 Å². The number of benzene rings is 1. The molecule has 1 aromatic rings. The standard InChI is InChI=1S/C18H21NO2.C3H8/c1-10-5-6-14-15(7-10)18(21)19(17(14)20)16-9-12(3)11(2)8-13(16)4;1-3-2/h8-10H,5-7H2,1-4H3;3H2,1-2H3. The Hall–Kier alpha value is -1.90. The number of nitrogens with zero attached hydrogens (tertiary/aromatic N) is 1. The molecule has 0 bridgehead atoms. The van der Waals surface area contributed by atoms with Crippen molar-refractivity contribution in [2.45, 2.75) is 67.2 Å². The molecular weight excluding hydrogens is 298 g/mol. The summed E-state index contributed by atoms with van der Waals surface area (Å²) in [7, 11) is 0. The fraction of sp³-hybridized carbons (Fsp3) is 0.524. The summed E-state index contributed by atoms with van der Waals surface area (Å²) in [5, 5.41) is 0. The monoisotopic (exact) mass is 327 g/mol. The Bertz CT molecular complexity index is 700. The molecular formula is C21H29NO2. The molecule has 0 N–H and O–H groups in total. The van der Waals surface area contributed by atoms with Gasteiger partial charge in [0, 0.05) is 11.1 Å². The van der Waals surface area contributed by atoms with Crippen LogP contribution in [-0.2, 0) is 9.59 Å². The molecule has 3 nitrogen and oxygen atoms in total. The van der Waals surface area contributed by atoms with Crippen LogP contribution in [0.1, 0.15) is 63.1 Å². The zero-order chi connectivity index (χ0) is 18.0. The number of aryl methyl sites for hydroxylation is 3. The molecule has 2 aliphatic rings. The first kappa shape index (κ1) is 18.4. The molecule has 0 saturated carbocycles. The van der Waals surface area contributed by atoms with Gasteiger partial charge in [0.05, 0.1) is 5.69 Å². The summed E-state index contributed by atoms with van der Waals surface area (Å²) in [5.41, 5.74) is 5.51. The number of carbonyl (C=O) groups excluding carboxylic acids is 2. The van der Waals surface area contributed by atoms with Crippen LogP contribution in [0, 0.1) is 26.7 Å². The fourth-order valence-corrected chi connectivity index (χ4v) is 3.33. The molecule has 1 aliphatic carbocycles. The summed E-state index contributed by atoms with van der Waals surface area (Å²) in [5.74, 6) is 0.280. The normalized spacial score (nSPS) is 20.1. The van der Waals surface area contributed by atoms with E-state index in [1.807, 2.05) is 32.9 Å². The lowest BCUT2D eigenvalue weighted by Crippen LogP contribution is -2.32. The number of imide groups is 1. The summed E-state index contributed by atoms with van der Waals surface area (Å²) in [6, 6.07) is 4.01. The minimum absolute atomic E-state index is 0.103.